The van der Waals surface area contributed by atoms with Gasteiger partial charge in [-0.05, 0) is 35.5 Å². The molecule has 1 fully saturated rings. The molecule has 0 bridgehead atoms. The summed E-state index contributed by atoms with van der Waals surface area (Å²) in [6.45, 7) is 3.43. The van der Waals surface area contributed by atoms with Crippen LogP contribution in [-0.2, 0) is 9.59 Å². The van der Waals surface area contributed by atoms with Crippen molar-refractivity contribution in [2.75, 3.05) is 20.3 Å². The average molecular weight is 348 g/mol. The van der Waals surface area contributed by atoms with Crippen molar-refractivity contribution in [3.63, 3.8) is 0 Å². The molecule has 1 aromatic rings. The van der Waals surface area contributed by atoms with E-state index in [0.717, 1.165) is 16.7 Å². The van der Waals surface area contributed by atoms with E-state index < -0.39 is 5.91 Å². The Morgan fingerprint density at radius 2 is 2.12 bits per heavy atom. The number of hydrogen-bond acceptors (Lipinski definition) is 6. The summed E-state index contributed by atoms with van der Waals surface area (Å²) in [5.41, 5.74) is 5.69. The van der Waals surface area contributed by atoms with Crippen molar-refractivity contribution in [3.05, 3.63) is 41.3 Å². The maximum atomic E-state index is 12.2. The van der Waals surface area contributed by atoms with Gasteiger partial charge in [0.15, 0.2) is 18.1 Å². The zero-order valence-electron chi connectivity index (χ0n) is 13.0. The van der Waals surface area contributed by atoms with Gasteiger partial charge in [0.2, 0.25) is 0 Å². The number of ether oxygens (including phenoxy) is 2. The van der Waals surface area contributed by atoms with Crippen molar-refractivity contribution >= 4 is 34.9 Å². The number of carbonyl (C=O) groups is 3. The first kappa shape index (κ1) is 17.6. The van der Waals surface area contributed by atoms with E-state index in [2.05, 4.69) is 6.58 Å². The predicted molar refractivity (Wildman–Crippen MR) is 90.6 cm³/mol. The van der Waals surface area contributed by atoms with Gasteiger partial charge in [-0.1, -0.05) is 12.1 Å². The van der Waals surface area contributed by atoms with Crippen LogP contribution in [0.5, 0.6) is 11.5 Å². The number of rotatable bonds is 7. The van der Waals surface area contributed by atoms with E-state index in [4.69, 9.17) is 15.2 Å². The fourth-order valence-electron chi connectivity index (χ4n) is 1.98. The molecule has 0 aliphatic carbocycles. The SMILES string of the molecule is C=CCN1C(=O)S/C(=C/c2ccc(OCC(N)=O)c(OC)c2)C1=O. The highest BCUT2D eigenvalue weighted by Crippen LogP contribution is 2.34. The number of benzene rings is 1. The quantitative estimate of drug-likeness (QED) is 0.596. The molecule has 1 aromatic carbocycles. The van der Waals surface area contributed by atoms with Gasteiger partial charge >= 0.3 is 0 Å². The lowest BCUT2D eigenvalue weighted by atomic mass is 10.2. The fourth-order valence-corrected chi connectivity index (χ4v) is 2.83. The lowest BCUT2D eigenvalue weighted by Gasteiger charge is -2.10. The Hall–Kier alpha value is -2.74. The number of methoxy groups -OCH3 is 1. The number of hydrogen-bond donors (Lipinski definition) is 1. The molecule has 24 heavy (non-hydrogen) atoms. The summed E-state index contributed by atoms with van der Waals surface area (Å²) in [6, 6.07) is 4.92. The van der Waals surface area contributed by atoms with Gasteiger partial charge in [0, 0.05) is 6.54 Å². The van der Waals surface area contributed by atoms with Crippen LogP contribution in [0.25, 0.3) is 6.08 Å². The lowest BCUT2D eigenvalue weighted by Crippen LogP contribution is -2.27. The van der Waals surface area contributed by atoms with E-state index in [1.165, 1.54) is 13.2 Å². The van der Waals surface area contributed by atoms with E-state index in [1.54, 1.807) is 24.3 Å². The number of imide groups is 1. The summed E-state index contributed by atoms with van der Waals surface area (Å²) < 4.78 is 10.4. The monoisotopic (exact) mass is 348 g/mol. The molecular weight excluding hydrogens is 332 g/mol. The van der Waals surface area contributed by atoms with Crippen molar-refractivity contribution in [2.24, 2.45) is 5.73 Å². The minimum atomic E-state index is -0.600. The van der Waals surface area contributed by atoms with Crippen molar-refractivity contribution < 1.29 is 23.9 Å². The molecule has 0 atom stereocenters. The first-order chi connectivity index (χ1) is 11.5. The van der Waals surface area contributed by atoms with Gasteiger partial charge in [-0.25, -0.2) is 0 Å². The Kier molecular flexibility index (Phi) is 5.64. The minimum Gasteiger partial charge on any atom is -0.493 e. The molecule has 7 nitrogen and oxygen atoms in total. The molecule has 2 rings (SSSR count). The predicted octanol–water partition coefficient (Wildman–Crippen LogP) is 1.78. The Bertz CT molecular complexity index is 729. The molecule has 0 spiro atoms. The summed E-state index contributed by atoms with van der Waals surface area (Å²) in [7, 11) is 1.45. The highest BCUT2D eigenvalue weighted by atomic mass is 32.2. The number of amides is 3. The number of nitrogens with two attached hydrogens (primary N) is 1. The molecule has 3 amide bonds. The smallest absolute Gasteiger partial charge is 0.293 e. The Morgan fingerprint density at radius 1 is 1.38 bits per heavy atom. The Balaban J connectivity index is 2.23. The van der Waals surface area contributed by atoms with Gasteiger partial charge < -0.3 is 15.2 Å². The normalized spacial score (nSPS) is 15.7. The van der Waals surface area contributed by atoms with Crippen LogP contribution in [0.15, 0.2) is 35.8 Å². The maximum Gasteiger partial charge on any atom is 0.293 e. The van der Waals surface area contributed by atoms with Crippen LogP contribution in [0.1, 0.15) is 5.56 Å². The minimum absolute atomic E-state index is 0.172. The molecule has 1 saturated heterocycles. The van der Waals surface area contributed by atoms with Crippen LogP contribution in [0.2, 0.25) is 0 Å². The third-order valence-corrected chi connectivity index (χ3v) is 3.95. The van der Waals surface area contributed by atoms with E-state index in [-0.39, 0.29) is 24.3 Å². The number of primary amides is 1. The van der Waals surface area contributed by atoms with Crippen molar-refractivity contribution in [1.82, 2.24) is 4.90 Å². The zero-order chi connectivity index (χ0) is 17.7. The van der Waals surface area contributed by atoms with Crippen molar-refractivity contribution in [2.45, 2.75) is 0 Å². The zero-order valence-corrected chi connectivity index (χ0v) is 13.8. The molecule has 1 aliphatic rings. The van der Waals surface area contributed by atoms with E-state index in [9.17, 15) is 14.4 Å². The van der Waals surface area contributed by atoms with Crippen LogP contribution >= 0.6 is 11.8 Å². The average Bonchev–Trinajstić information content (AvgIpc) is 2.81. The third kappa shape index (κ3) is 3.96. The van der Waals surface area contributed by atoms with Gasteiger partial charge in [0.05, 0.1) is 12.0 Å². The third-order valence-electron chi connectivity index (χ3n) is 3.04. The van der Waals surface area contributed by atoms with Crippen LogP contribution in [0.4, 0.5) is 4.79 Å². The van der Waals surface area contributed by atoms with Crippen LogP contribution in [0.3, 0.4) is 0 Å². The second kappa shape index (κ2) is 7.69. The standard InChI is InChI=1S/C16H16N2O5S/c1-3-6-18-15(20)13(24-16(18)21)8-10-4-5-11(12(7-10)22-2)23-9-14(17)19/h3-5,7-8H,1,6,9H2,2H3,(H2,17,19)/b13-8+. The number of carbonyl (C=O) groups excluding carboxylic acids is 3. The fraction of sp³-hybridized carbons (Fsp3) is 0.188. The van der Waals surface area contributed by atoms with Crippen LogP contribution in [0, 0.1) is 0 Å². The van der Waals surface area contributed by atoms with Gasteiger partial charge in [0.1, 0.15) is 0 Å². The molecule has 2 N–H and O–H groups in total. The summed E-state index contributed by atoms with van der Waals surface area (Å²) in [4.78, 5) is 36.2. The Morgan fingerprint density at radius 3 is 2.75 bits per heavy atom. The first-order valence-corrected chi connectivity index (χ1v) is 7.73. The van der Waals surface area contributed by atoms with Crippen LogP contribution in [-0.4, -0.2) is 42.2 Å². The van der Waals surface area contributed by atoms with Crippen molar-refractivity contribution in [1.29, 1.82) is 0 Å². The molecule has 1 aliphatic heterocycles. The van der Waals surface area contributed by atoms with Gasteiger partial charge in [-0.15, -0.1) is 6.58 Å². The molecule has 8 heteroatoms. The summed E-state index contributed by atoms with van der Waals surface area (Å²) in [5.74, 6) is -0.224. The van der Waals surface area contributed by atoms with Crippen molar-refractivity contribution in [3.8, 4) is 11.5 Å². The topological polar surface area (TPSA) is 98.9 Å². The second-order valence-electron chi connectivity index (χ2n) is 4.75. The highest BCUT2D eigenvalue weighted by molar-refractivity contribution is 8.18. The van der Waals surface area contributed by atoms with E-state index >= 15 is 0 Å². The van der Waals surface area contributed by atoms with Gasteiger partial charge in [0.25, 0.3) is 17.1 Å². The molecular formula is C16H16N2O5S. The van der Waals surface area contributed by atoms with Crippen LogP contribution < -0.4 is 15.2 Å². The molecule has 0 aromatic heterocycles. The highest BCUT2D eigenvalue weighted by Gasteiger charge is 2.34. The molecule has 0 radical (unpaired) electrons. The van der Waals surface area contributed by atoms with E-state index in [1.807, 2.05) is 0 Å². The number of nitrogens with zero attached hydrogens (tertiary/aromatic N) is 1. The number of thioether (sulfide) groups is 1. The van der Waals surface area contributed by atoms with Gasteiger partial charge in [-0.2, -0.15) is 0 Å². The first-order valence-electron chi connectivity index (χ1n) is 6.91. The van der Waals surface area contributed by atoms with E-state index in [0.29, 0.717) is 22.0 Å². The molecule has 126 valence electrons. The molecule has 0 saturated carbocycles. The van der Waals surface area contributed by atoms with Gasteiger partial charge in [-0.3, -0.25) is 19.3 Å². The Labute approximate surface area is 143 Å². The lowest BCUT2D eigenvalue weighted by molar-refractivity contribution is -0.122. The summed E-state index contributed by atoms with van der Waals surface area (Å²) in [5, 5.41) is -0.334. The summed E-state index contributed by atoms with van der Waals surface area (Å²) >= 11 is 0.866. The molecule has 1 heterocycles. The summed E-state index contributed by atoms with van der Waals surface area (Å²) in [6.07, 6.45) is 3.08. The maximum absolute atomic E-state index is 12.2. The largest absolute Gasteiger partial charge is 0.493 e. The second-order valence-corrected chi connectivity index (χ2v) is 5.74. The molecule has 0 unspecified atom stereocenters.